The SMILES string of the molecule is CC(CNC(=O)Nc1ccn(C)n1)N1CCc2sccc2C1. The molecule has 0 aliphatic carbocycles. The molecule has 118 valence electrons. The predicted octanol–water partition coefficient (Wildman–Crippen LogP) is 2.05. The van der Waals surface area contributed by atoms with Gasteiger partial charge < -0.3 is 5.32 Å². The van der Waals surface area contributed by atoms with E-state index in [9.17, 15) is 4.79 Å². The number of hydrogen-bond acceptors (Lipinski definition) is 4. The van der Waals surface area contributed by atoms with E-state index >= 15 is 0 Å². The van der Waals surface area contributed by atoms with Crippen LogP contribution in [0.15, 0.2) is 23.7 Å². The second-order valence-electron chi connectivity index (χ2n) is 5.65. The number of nitrogens with zero attached hydrogens (tertiary/aromatic N) is 3. The lowest BCUT2D eigenvalue weighted by Crippen LogP contribution is -2.45. The Bertz CT molecular complexity index is 650. The van der Waals surface area contributed by atoms with Crippen LogP contribution in [0.2, 0.25) is 0 Å². The highest BCUT2D eigenvalue weighted by Crippen LogP contribution is 2.24. The van der Waals surface area contributed by atoms with Crippen LogP contribution in [-0.2, 0) is 20.0 Å². The average molecular weight is 319 g/mol. The molecule has 2 amide bonds. The Kier molecular flexibility index (Phi) is 4.44. The van der Waals surface area contributed by atoms with E-state index < -0.39 is 0 Å². The summed E-state index contributed by atoms with van der Waals surface area (Å²) in [5.74, 6) is 0.563. The number of carbonyl (C=O) groups excluding carboxylic acids is 1. The molecule has 2 N–H and O–H groups in total. The van der Waals surface area contributed by atoms with Crippen LogP contribution in [0.4, 0.5) is 10.6 Å². The summed E-state index contributed by atoms with van der Waals surface area (Å²) in [6, 6.07) is 4.08. The van der Waals surface area contributed by atoms with Crippen molar-refractivity contribution in [3.8, 4) is 0 Å². The summed E-state index contributed by atoms with van der Waals surface area (Å²) in [6.45, 7) is 4.80. The van der Waals surface area contributed by atoms with Gasteiger partial charge in [-0.2, -0.15) is 5.10 Å². The van der Waals surface area contributed by atoms with Gasteiger partial charge in [-0.25, -0.2) is 4.79 Å². The fraction of sp³-hybridized carbons (Fsp3) is 0.467. The van der Waals surface area contributed by atoms with Gasteiger partial charge in [0, 0.05) is 49.9 Å². The van der Waals surface area contributed by atoms with Gasteiger partial charge in [-0.15, -0.1) is 11.3 Å². The van der Waals surface area contributed by atoms with E-state index in [1.54, 1.807) is 16.9 Å². The first-order valence-corrected chi connectivity index (χ1v) is 8.33. The first kappa shape index (κ1) is 15.1. The maximum absolute atomic E-state index is 11.9. The van der Waals surface area contributed by atoms with Crippen molar-refractivity contribution >= 4 is 23.2 Å². The Morgan fingerprint density at radius 2 is 2.36 bits per heavy atom. The highest BCUT2D eigenvalue weighted by atomic mass is 32.1. The lowest BCUT2D eigenvalue weighted by molar-refractivity contribution is 0.188. The number of rotatable bonds is 4. The summed E-state index contributed by atoms with van der Waals surface area (Å²) in [6.07, 6.45) is 2.90. The van der Waals surface area contributed by atoms with Gasteiger partial charge >= 0.3 is 6.03 Å². The third kappa shape index (κ3) is 3.48. The normalized spacial score (nSPS) is 16.1. The van der Waals surface area contributed by atoms with Gasteiger partial charge in [0.05, 0.1) is 0 Å². The third-order valence-electron chi connectivity index (χ3n) is 3.97. The maximum atomic E-state index is 11.9. The van der Waals surface area contributed by atoms with Crippen molar-refractivity contribution in [2.75, 3.05) is 18.4 Å². The minimum Gasteiger partial charge on any atom is -0.336 e. The fourth-order valence-electron chi connectivity index (χ4n) is 2.66. The van der Waals surface area contributed by atoms with E-state index in [0.29, 0.717) is 18.4 Å². The summed E-state index contributed by atoms with van der Waals surface area (Å²) in [5.41, 5.74) is 1.43. The Hall–Kier alpha value is -1.86. The second-order valence-corrected chi connectivity index (χ2v) is 6.65. The standard InChI is InChI=1S/C15H21N5OS/c1-11(20-7-3-13-12(10-20)5-8-22-13)9-16-15(21)17-14-4-6-19(2)18-14/h4-6,8,11H,3,7,9-10H2,1-2H3,(H2,16,17,18,21). The summed E-state index contributed by atoms with van der Waals surface area (Å²) in [4.78, 5) is 15.8. The number of nitrogens with one attached hydrogen (secondary N) is 2. The molecule has 22 heavy (non-hydrogen) atoms. The molecule has 0 radical (unpaired) electrons. The van der Waals surface area contributed by atoms with E-state index in [0.717, 1.165) is 19.5 Å². The highest BCUT2D eigenvalue weighted by molar-refractivity contribution is 7.10. The number of anilines is 1. The summed E-state index contributed by atoms with van der Waals surface area (Å²) < 4.78 is 1.66. The second kappa shape index (κ2) is 6.50. The number of urea groups is 1. The van der Waals surface area contributed by atoms with Crippen LogP contribution in [0.3, 0.4) is 0 Å². The van der Waals surface area contributed by atoms with E-state index in [2.05, 4.69) is 39.0 Å². The zero-order chi connectivity index (χ0) is 15.5. The number of carbonyl (C=O) groups is 1. The molecular formula is C15H21N5OS. The van der Waals surface area contributed by atoms with E-state index in [1.807, 2.05) is 18.4 Å². The zero-order valence-electron chi connectivity index (χ0n) is 12.9. The highest BCUT2D eigenvalue weighted by Gasteiger charge is 2.21. The molecule has 2 aromatic heterocycles. The largest absolute Gasteiger partial charge is 0.336 e. The van der Waals surface area contributed by atoms with Gasteiger partial charge in [0.15, 0.2) is 5.82 Å². The molecule has 6 nitrogen and oxygen atoms in total. The van der Waals surface area contributed by atoms with Crippen LogP contribution in [0.25, 0.3) is 0 Å². The number of fused-ring (bicyclic) bond motifs is 1. The lowest BCUT2D eigenvalue weighted by Gasteiger charge is -2.32. The van der Waals surface area contributed by atoms with Crippen molar-refractivity contribution in [3.63, 3.8) is 0 Å². The molecule has 1 atom stereocenters. The quantitative estimate of drug-likeness (QED) is 0.906. The number of aromatic nitrogens is 2. The molecule has 0 spiro atoms. The topological polar surface area (TPSA) is 62.2 Å². The third-order valence-corrected chi connectivity index (χ3v) is 5.00. The summed E-state index contributed by atoms with van der Waals surface area (Å²) in [7, 11) is 1.82. The van der Waals surface area contributed by atoms with Gasteiger partial charge in [-0.1, -0.05) is 0 Å². The van der Waals surface area contributed by atoms with Crippen LogP contribution in [0.1, 0.15) is 17.4 Å². The van der Waals surface area contributed by atoms with E-state index in [4.69, 9.17) is 0 Å². The van der Waals surface area contributed by atoms with Gasteiger partial charge in [0.1, 0.15) is 0 Å². The van der Waals surface area contributed by atoms with E-state index in [-0.39, 0.29) is 6.03 Å². The number of thiophene rings is 1. The van der Waals surface area contributed by atoms with Crippen molar-refractivity contribution in [3.05, 3.63) is 34.2 Å². The molecule has 0 saturated carbocycles. The monoisotopic (exact) mass is 319 g/mol. The molecule has 3 rings (SSSR count). The molecule has 7 heteroatoms. The Morgan fingerprint density at radius 3 is 3.14 bits per heavy atom. The first-order valence-electron chi connectivity index (χ1n) is 7.45. The first-order chi connectivity index (χ1) is 10.6. The number of hydrogen-bond donors (Lipinski definition) is 2. The zero-order valence-corrected chi connectivity index (χ0v) is 13.7. The average Bonchev–Trinajstić information content (AvgIpc) is 3.12. The Balaban J connectivity index is 1.46. The van der Waals surface area contributed by atoms with Crippen molar-refractivity contribution in [1.82, 2.24) is 20.0 Å². The van der Waals surface area contributed by atoms with Gasteiger partial charge in [0.2, 0.25) is 0 Å². The minimum atomic E-state index is -0.209. The maximum Gasteiger partial charge on any atom is 0.320 e. The van der Waals surface area contributed by atoms with Crippen molar-refractivity contribution < 1.29 is 4.79 Å². The number of amides is 2. The number of aryl methyl sites for hydroxylation is 1. The molecule has 0 bridgehead atoms. The molecule has 3 heterocycles. The van der Waals surface area contributed by atoms with Crippen LogP contribution in [-0.4, -0.2) is 39.8 Å². The Morgan fingerprint density at radius 1 is 1.50 bits per heavy atom. The van der Waals surface area contributed by atoms with Crippen LogP contribution < -0.4 is 10.6 Å². The van der Waals surface area contributed by atoms with Crippen molar-refractivity contribution in [1.29, 1.82) is 0 Å². The molecule has 1 aliphatic heterocycles. The molecule has 0 aromatic carbocycles. The molecule has 0 fully saturated rings. The summed E-state index contributed by atoms with van der Waals surface area (Å²) >= 11 is 1.85. The van der Waals surface area contributed by atoms with Crippen LogP contribution in [0.5, 0.6) is 0 Å². The Labute approximate surface area is 134 Å². The van der Waals surface area contributed by atoms with Gasteiger partial charge in [0.25, 0.3) is 0 Å². The molecule has 2 aromatic rings. The molecular weight excluding hydrogens is 298 g/mol. The predicted molar refractivity (Wildman–Crippen MR) is 88.1 cm³/mol. The molecule has 1 aliphatic rings. The fourth-order valence-corrected chi connectivity index (χ4v) is 3.55. The molecule has 0 saturated heterocycles. The van der Waals surface area contributed by atoms with Crippen LogP contribution >= 0.6 is 11.3 Å². The minimum absolute atomic E-state index is 0.209. The van der Waals surface area contributed by atoms with Crippen molar-refractivity contribution in [2.45, 2.75) is 25.9 Å². The summed E-state index contributed by atoms with van der Waals surface area (Å²) in [5, 5.41) is 11.9. The van der Waals surface area contributed by atoms with E-state index in [1.165, 1.54) is 10.4 Å². The molecule has 1 unspecified atom stereocenters. The van der Waals surface area contributed by atoms with Gasteiger partial charge in [-0.05, 0) is 30.4 Å². The van der Waals surface area contributed by atoms with Crippen molar-refractivity contribution in [2.24, 2.45) is 7.05 Å². The smallest absolute Gasteiger partial charge is 0.320 e. The van der Waals surface area contributed by atoms with Crippen LogP contribution in [0, 0.1) is 0 Å². The van der Waals surface area contributed by atoms with Gasteiger partial charge in [-0.3, -0.25) is 14.9 Å². The lowest BCUT2D eigenvalue weighted by atomic mass is 10.1.